The Balaban J connectivity index is 1.61. The number of benzene rings is 1. The molecule has 2 aromatic heterocycles. The largest absolute Gasteiger partial charge is 0.303 e. The first-order valence-corrected chi connectivity index (χ1v) is 9.38. The number of fused-ring (bicyclic) bond motifs is 1. The van der Waals surface area contributed by atoms with Gasteiger partial charge in [0.1, 0.15) is 10.5 Å². The van der Waals surface area contributed by atoms with E-state index in [-0.39, 0.29) is 11.4 Å². The molecule has 25 heavy (non-hydrogen) atoms. The first kappa shape index (κ1) is 16.4. The quantitative estimate of drug-likeness (QED) is 0.714. The topological polar surface area (TPSA) is 38.1 Å². The van der Waals surface area contributed by atoms with E-state index in [0.29, 0.717) is 22.8 Å². The second-order valence-corrected chi connectivity index (χ2v) is 7.69. The van der Waals surface area contributed by atoms with Gasteiger partial charge in [-0.3, -0.25) is 9.36 Å². The Morgan fingerprint density at radius 2 is 2.12 bits per heavy atom. The number of rotatable bonds is 4. The van der Waals surface area contributed by atoms with Crippen LogP contribution in [-0.4, -0.2) is 34.1 Å². The molecule has 130 valence electrons. The summed E-state index contributed by atoms with van der Waals surface area (Å²) in [7, 11) is 2.15. The van der Waals surface area contributed by atoms with Crippen molar-refractivity contribution in [2.24, 2.45) is 0 Å². The fourth-order valence-electron chi connectivity index (χ4n) is 3.49. The average Bonchev–Trinajstić information content (AvgIpc) is 3.22. The van der Waals surface area contributed by atoms with E-state index in [1.807, 2.05) is 6.07 Å². The van der Waals surface area contributed by atoms with Gasteiger partial charge in [-0.15, -0.1) is 11.3 Å². The molecule has 1 atom stereocenters. The Hall–Kier alpha value is -2.05. The fraction of sp³-hybridized carbons (Fsp3) is 0.368. The van der Waals surface area contributed by atoms with Crippen LogP contribution in [0.1, 0.15) is 19.3 Å². The predicted octanol–water partition coefficient (Wildman–Crippen LogP) is 3.75. The molecule has 1 aromatic carbocycles. The van der Waals surface area contributed by atoms with Gasteiger partial charge in [-0.05, 0) is 56.6 Å². The first-order valence-electron chi connectivity index (χ1n) is 8.57. The van der Waals surface area contributed by atoms with Crippen LogP contribution in [0.5, 0.6) is 0 Å². The maximum atomic E-state index is 13.1. The van der Waals surface area contributed by atoms with Gasteiger partial charge < -0.3 is 4.90 Å². The Bertz CT molecular complexity index is 947. The van der Waals surface area contributed by atoms with Crippen molar-refractivity contribution in [1.82, 2.24) is 14.5 Å². The van der Waals surface area contributed by atoms with Crippen LogP contribution >= 0.6 is 11.3 Å². The average molecular weight is 357 g/mol. The van der Waals surface area contributed by atoms with Crippen LogP contribution in [-0.2, 0) is 6.54 Å². The molecule has 3 aromatic rings. The van der Waals surface area contributed by atoms with E-state index in [0.717, 1.165) is 23.4 Å². The van der Waals surface area contributed by atoms with Crippen molar-refractivity contribution in [3.8, 4) is 10.4 Å². The van der Waals surface area contributed by atoms with Gasteiger partial charge in [0, 0.05) is 17.5 Å². The van der Waals surface area contributed by atoms with Crippen LogP contribution in [0.15, 0.2) is 41.5 Å². The molecule has 0 saturated carbocycles. The van der Waals surface area contributed by atoms with E-state index in [1.165, 1.54) is 36.3 Å². The smallest absolute Gasteiger partial charge is 0.271 e. The number of hydrogen-bond acceptors (Lipinski definition) is 4. The zero-order valence-electron chi connectivity index (χ0n) is 14.1. The summed E-state index contributed by atoms with van der Waals surface area (Å²) in [6.45, 7) is 1.84. The van der Waals surface area contributed by atoms with Gasteiger partial charge in [0.15, 0.2) is 0 Å². The third kappa shape index (κ3) is 3.24. The minimum absolute atomic E-state index is 0.0176. The highest BCUT2D eigenvalue weighted by Gasteiger charge is 2.20. The molecular formula is C19H20FN3OS. The molecule has 3 heterocycles. The van der Waals surface area contributed by atoms with Crippen molar-refractivity contribution in [3.05, 3.63) is 52.8 Å². The van der Waals surface area contributed by atoms with Gasteiger partial charge in [-0.1, -0.05) is 12.1 Å². The zero-order chi connectivity index (χ0) is 17.4. The molecule has 0 bridgehead atoms. The Labute approximate surface area is 149 Å². The summed E-state index contributed by atoms with van der Waals surface area (Å²) in [4.78, 5) is 20.5. The minimum Gasteiger partial charge on any atom is -0.303 e. The van der Waals surface area contributed by atoms with Crippen LogP contribution in [0.3, 0.4) is 0 Å². The third-order valence-electron chi connectivity index (χ3n) is 5.01. The SMILES string of the molecule is CN1CCC[C@@H]1CCn1cnc2cc(-c3ccc(F)cc3)sc2c1=O. The minimum atomic E-state index is -0.262. The summed E-state index contributed by atoms with van der Waals surface area (Å²) < 4.78 is 15.5. The van der Waals surface area contributed by atoms with E-state index in [9.17, 15) is 9.18 Å². The second-order valence-electron chi connectivity index (χ2n) is 6.64. The van der Waals surface area contributed by atoms with Gasteiger partial charge in [-0.2, -0.15) is 0 Å². The Morgan fingerprint density at radius 1 is 1.32 bits per heavy atom. The maximum absolute atomic E-state index is 13.1. The molecule has 0 N–H and O–H groups in total. The van der Waals surface area contributed by atoms with E-state index < -0.39 is 0 Å². The summed E-state index contributed by atoms with van der Waals surface area (Å²) in [5, 5.41) is 0. The fourth-order valence-corrected chi connectivity index (χ4v) is 4.56. The molecule has 4 nitrogen and oxygen atoms in total. The van der Waals surface area contributed by atoms with E-state index in [4.69, 9.17) is 0 Å². The van der Waals surface area contributed by atoms with Crippen LogP contribution < -0.4 is 5.56 Å². The standard InChI is InChI=1S/C19H20FN3OS/c1-22-9-2-3-15(22)8-10-23-12-21-16-11-17(25-18(16)19(23)24)13-4-6-14(20)7-5-13/h4-7,11-12,15H,2-3,8-10H2,1H3/t15-/m1/s1. The zero-order valence-corrected chi connectivity index (χ0v) is 14.9. The lowest BCUT2D eigenvalue weighted by Gasteiger charge is -2.19. The summed E-state index contributed by atoms with van der Waals surface area (Å²) >= 11 is 1.43. The van der Waals surface area contributed by atoms with Crippen LogP contribution in [0.4, 0.5) is 4.39 Å². The number of hydrogen-bond donors (Lipinski definition) is 0. The monoisotopic (exact) mass is 357 g/mol. The second kappa shape index (κ2) is 6.69. The molecule has 0 aliphatic carbocycles. The highest BCUT2D eigenvalue weighted by atomic mass is 32.1. The van der Waals surface area contributed by atoms with Crippen LogP contribution in [0.2, 0.25) is 0 Å². The van der Waals surface area contributed by atoms with E-state index >= 15 is 0 Å². The van der Waals surface area contributed by atoms with Crippen molar-refractivity contribution < 1.29 is 4.39 Å². The van der Waals surface area contributed by atoms with Crippen molar-refractivity contribution in [1.29, 1.82) is 0 Å². The molecule has 0 unspecified atom stereocenters. The van der Waals surface area contributed by atoms with Gasteiger partial charge in [-0.25, -0.2) is 9.37 Å². The van der Waals surface area contributed by atoms with Gasteiger partial charge in [0.05, 0.1) is 11.8 Å². The predicted molar refractivity (Wildman–Crippen MR) is 99.5 cm³/mol. The Kier molecular flexibility index (Phi) is 4.39. The number of nitrogens with zero attached hydrogens (tertiary/aromatic N) is 3. The molecule has 4 rings (SSSR count). The Morgan fingerprint density at radius 3 is 2.84 bits per heavy atom. The van der Waals surface area contributed by atoms with E-state index in [1.54, 1.807) is 23.0 Å². The van der Waals surface area contributed by atoms with Crippen molar-refractivity contribution in [2.75, 3.05) is 13.6 Å². The highest BCUT2D eigenvalue weighted by Crippen LogP contribution is 2.30. The lowest BCUT2D eigenvalue weighted by Crippen LogP contribution is -2.28. The first-order chi connectivity index (χ1) is 12.1. The summed E-state index contributed by atoms with van der Waals surface area (Å²) in [6, 6.07) is 8.79. The van der Waals surface area contributed by atoms with Gasteiger partial charge >= 0.3 is 0 Å². The molecule has 6 heteroatoms. The molecule has 1 fully saturated rings. The molecule has 1 aliphatic heterocycles. The van der Waals surface area contributed by atoms with Crippen molar-refractivity contribution in [2.45, 2.75) is 31.8 Å². The molecule has 0 radical (unpaired) electrons. The molecular weight excluding hydrogens is 337 g/mol. The molecule has 0 amide bonds. The third-order valence-corrected chi connectivity index (χ3v) is 6.17. The number of thiophene rings is 1. The summed E-state index contributed by atoms with van der Waals surface area (Å²) in [5.74, 6) is -0.262. The lowest BCUT2D eigenvalue weighted by molar-refractivity contribution is 0.285. The molecule has 1 saturated heterocycles. The summed E-state index contributed by atoms with van der Waals surface area (Å²) in [5.41, 5.74) is 1.63. The normalized spacial score (nSPS) is 18.2. The number of halogens is 1. The van der Waals surface area contributed by atoms with Gasteiger partial charge in [0.2, 0.25) is 0 Å². The molecule has 0 spiro atoms. The van der Waals surface area contributed by atoms with E-state index in [2.05, 4.69) is 16.9 Å². The van der Waals surface area contributed by atoms with Crippen LogP contribution in [0.25, 0.3) is 20.7 Å². The van der Waals surface area contributed by atoms with Gasteiger partial charge in [0.25, 0.3) is 5.56 Å². The highest BCUT2D eigenvalue weighted by molar-refractivity contribution is 7.22. The number of aromatic nitrogens is 2. The number of likely N-dealkylation sites (tertiary alicyclic amines) is 1. The maximum Gasteiger partial charge on any atom is 0.271 e. The van der Waals surface area contributed by atoms with Crippen LogP contribution in [0, 0.1) is 5.82 Å². The van der Waals surface area contributed by atoms with Crippen molar-refractivity contribution in [3.63, 3.8) is 0 Å². The van der Waals surface area contributed by atoms with Crippen molar-refractivity contribution >= 4 is 21.6 Å². The summed E-state index contributed by atoms with van der Waals surface area (Å²) in [6.07, 6.45) is 5.06. The number of aryl methyl sites for hydroxylation is 1. The lowest BCUT2D eigenvalue weighted by atomic mass is 10.1. The molecule has 1 aliphatic rings.